The third-order valence-electron chi connectivity index (χ3n) is 6.09. The second-order valence-electron chi connectivity index (χ2n) is 8.70. The van der Waals surface area contributed by atoms with Crippen molar-refractivity contribution < 1.29 is 4.74 Å². The first-order valence-corrected chi connectivity index (χ1v) is 12.2. The number of fused-ring (bicyclic) bond motifs is 1. The highest BCUT2D eigenvalue weighted by molar-refractivity contribution is 6.31. The van der Waals surface area contributed by atoms with E-state index in [1.54, 1.807) is 13.1 Å². The molecule has 1 N–H and O–H groups in total. The van der Waals surface area contributed by atoms with Gasteiger partial charge in [0.1, 0.15) is 17.9 Å². The quantitative estimate of drug-likeness (QED) is 0.356. The smallest absolute Gasteiger partial charge is 0.328 e. The fourth-order valence-electron chi connectivity index (χ4n) is 4.19. The predicted octanol–water partition coefficient (Wildman–Crippen LogP) is 4.76. The standard InChI is InChI=1S/C28H28ClN5O3/c1-6-16(2)26(30-5)20-12-17(3)32-27-19(20)8-7-9-24(27)37-15-21-22(29)13-18(4)31-23(21)14-34-11-10-25(35)33-28(34)36/h6-13H,14-15H2,1-5H3,(H,33,35,36)/b16-6-,30-26+. The number of hydrogen-bond donors (Lipinski definition) is 1. The summed E-state index contributed by atoms with van der Waals surface area (Å²) >= 11 is 6.61. The molecule has 0 fully saturated rings. The molecule has 1 aromatic carbocycles. The van der Waals surface area contributed by atoms with E-state index in [9.17, 15) is 9.59 Å². The first-order valence-electron chi connectivity index (χ1n) is 11.8. The van der Waals surface area contributed by atoms with Crippen LogP contribution in [0, 0.1) is 13.8 Å². The number of pyridine rings is 2. The highest BCUT2D eigenvalue weighted by Gasteiger charge is 2.17. The summed E-state index contributed by atoms with van der Waals surface area (Å²) in [5.41, 5.74) is 5.47. The maximum atomic E-state index is 12.3. The van der Waals surface area contributed by atoms with E-state index in [1.807, 2.05) is 58.0 Å². The Morgan fingerprint density at radius 3 is 2.62 bits per heavy atom. The molecule has 0 amide bonds. The number of nitrogens with one attached hydrogen (secondary N) is 1. The van der Waals surface area contributed by atoms with Crippen LogP contribution in [0.15, 0.2) is 68.8 Å². The Morgan fingerprint density at radius 1 is 1.16 bits per heavy atom. The molecule has 0 bridgehead atoms. The van der Waals surface area contributed by atoms with Gasteiger partial charge in [-0.25, -0.2) is 9.78 Å². The average Bonchev–Trinajstić information content (AvgIpc) is 2.85. The maximum Gasteiger partial charge on any atom is 0.328 e. The molecule has 3 aromatic heterocycles. The third-order valence-corrected chi connectivity index (χ3v) is 6.43. The highest BCUT2D eigenvalue weighted by atomic mass is 35.5. The molecular formula is C28H28ClN5O3. The van der Waals surface area contributed by atoms with Crippen molar-refractivity contribution in [3.05, 3.63) is 108 Å². The predicted molar refractivity (Wildman–Crippen MR) is 147 cm³/mol. The number of halogens is 1. The fraction of sp³-hybridized carbons (Fsp3) is 0.250. The molecule has 0 saturated heterocycles. The Labute approximate surface area is 219 Å². The largest absolute Gasteiger partial charge is 0.486 e. The molecule has 0 atom stereocenters. The van der Waals surface area contributed by atoms with Gasteiger partial charge in [-0.05, 0) is 51.5 Å². The van der Waals surface area contributed by atoms with E-state index >= 15 is 0 Å². The number of benzene rings is 1. The number of hydrogen-bond acceptors (Lipinski definition) is 6. The Balaban J connectivity index is 1.74. The van der Waals surface area contributed by atoms with Crippen LogP contribution in [-0.2, 0) is 13.2 Å². The summed E-state index contributed by atoms with van der Waals surface area (Å²) in [6, 6.07) is 10.9. The molecule has 9 heteroatoms. The molecule has 3 heterocycles. The van der Waals surface area contributed by atoms with Gasteiger partial charge in [-0.3, -0.25) is 24.3 Å². The van der Waals surface area contributed by atoms with Gasteiger partial charge in [0.15, 0.2) is 0 Å². The highest BCUT2D eigenvalue weighted by Crippen LogP contribution is 2.30. The van der Waals surface area contributed by atoms with Crippen LogP contribution in [0.4, 0.5) is 0 Å². The van der Waals surface area contributed by atoms with Crippen molar-refractivity contribution in [2.45, 2.75) is 40.8 Å². The summed E-state index contributed by atoms with van der Waals surface area (Å²) in [7, 11) is 1.78. The minimum Gasteiger partial charge on any atom is -0.486 e. The van der Waals surface area contributed by atoms with Crippen LogP contribution in [0.2, 0.25) is 5.02 Å². The van der Waals surface area contributed by atoms with E-state index < -0.39 is 11.2 Å². The van der Waals surface area contributed by atoms with Crippen molar-refractivity contribution >= 4 is 28.2 Å². The number of H-pyrrole nitrogens is 1. The van der Waals surface area contributed by atoms with E-state index in [-0.39, 0.29) is 13.2 Å². The fourth-order valence-corrected chi connectivity index (χ4v) is 4.51. The molecule has 0 aliphatic carbocycles. The summed E-state index contributed by atoms with van der Waals surface area (Å²) in [6.07, 6.45) is 3.47. The Bertz CT molecular complexity index is 1670. The first kappa shape index (κ1) is 26.0. The van der Waals surface area contributed by atoms with Gasteiger partial charge < -0.3 is 4.74 Å². The van der Waals surface area contributed by atoms with Crippen LogP contribution in [0.3, 0.4) is 0 Å². The molecule has 190 valence electrons. The van der Waals surface area contributed by atoms with Crippen molar-refractivity contribution in [3.63, 3.8) is 0 Å². The van der Waals surface area contributed by atoms with E-state index in [0.717, 1.165) is 33.4 Å². The lowest BCUT2D eigenvalue weighted by molar-refractivity contribution is 0.307. The van der Waals surface area contributed by atoms with Crippen LogP contribution < -0.4 is 16.0 Å². The van der Waals surface area contributed by atoms with E-state index in [4.69, 9.17) is 21.3 Å². The number of aryl methyl sites for hydroxylation is 2. The third kappa shape index (κ3) is 5.54. The average molecular weight is 518 g/mol. The SMILES string of the molecule is C/C=C(C)\C(=N/C)c1cc(C)nc2c(OCc3c(Cl)cc(C)nc3Cn3ccc(=O)[nH]c3=O)cccc12. The lowest BCUT2D eigenvalue weighted by atomic mass is 9.98. The van der Waals surface area contributed by atoms with Crippen LogP contribution in [0.1, 0.15) is 42.1 Å². The zero-order valence-corrected chi connectivity index (χ0v) is 22.2. The van der Waals surface area contributed by atoms with Crippen molar-refractivity contribution in [2.24, 2.45) is 4.99 Å². The second kappa shape index (κ2) is 10.9. The van der Waals surface area contributed by atoms with Crippen molar-refractivity contribution in [3.8, 4) is 5.75 Å². The second-order valence-corrected chi connectivity index (χ2v) is 9.11. The lowest BCUT2D eigenvalue weighted by Gasteiger charge is -2.16. The van der Waals surface area contributed by atoms with Crippen LogP contribution in [0.5, 0.6) is 5.75 Å². The van der Waals surface area contributed by atoms with Gasteiger partial charge in [0.2, 0.25) is 0 Å². The topological polar surface area (TPSA) is 102 Å². The summed E-state index contributed by atoms with van der Waals surface area (Å²) in [5, 5.41) is 1.41. The van der Waals surface area contributed by atoms with E-state index in [1.165, 1.54) is 16.8 Å². The maximum absolute atomic E-state index is 12.3. The van der Waals surface area contributed by atoms with Gasteiger partial charge in [-0.1, -0.05) is 29.8 Å². The summed E-state index contributed by atoms with van der Waals surface area (Å²) in [5.74, 6) is 0.597. The van der Waals surface area contributed by atoms with Crippen molar-refractivity contribution in [2.75, 3.05) is 7.05 Å². The van der Waals surface area contributed by atoms with Crippen molar-refractivity contribution in [1.29, 1.82) is 0 Å². The molecule has 0 aliphatic heterocycles. The van der Waals surface area contributed by atoms with Gasteiger partial charge in [-0.2, -0.15) is 0 Å². The number of nitrogens with zero attached hydrogens (tertiary/aromatic N) is 4. The number of para-hydroxylation sites is 1. The zero-order chi connectivity index (χ0) is 26.7. The number of aromatic nitrogens is 4. The molecule has 0 radical (unpaired) electrons. The van der Waals surface area contributed by atoms with Crippen molar-refractivity contribution in [1.82, 2.24) is 19.5 Å². The van der Waals surface area contributed by atoms with Gasteiger partial charge in [-0.15, -0.1) is 0 Å². The number of aromatic amines is 1. The molecule has 0 spiro atoms. The molecule has 4 rings (SSSR count). The van der Waals surface area contributed by atoms with Gasteiger partial charge >= 0.3 is 5.69 Å². The van der Waals surface area contributed by atoms with Crippen LogP contribution >= 0.6 is 11.6 Å². The molecule has 0 unspecified atom stereocenters. The Hall–Kier alpha value is -4.04. The summed E-state index contributed by atoms with van der Waals surface area (Å²) in [6.45, 7) is 8.04. The monoisotopic (exact) mass is 517 g/mol. The number of rotatable bonds is 7. The number of ether oxygens (including phenoxy) is 1. The van der Waals surface area contributed by atoms with Gasteiger partial charge in [0.05, 0.1) is 23.0 Å². The number of allylic oxidation sites excluding steroid dienone is 2. The number of aliphatic imine (C=N–C) groups is 1. The molecule has 4 aromatic rings. The Morgan fingerprint density at radius 2 is 1.92 bits per heavy atom. The van der Waals surface area contributed by atoms with E-state index in [0.29, 0.717) is 27.7 Å². The minimum absolute atomic E-state index is 0.117. The first-order chi connectivity index (χ1) is 17.7. The van der Waals surface area contributed by atoms with Gasteiger partial charge in [0.25, 0.3) is 5.56 Å². The zero-order valence-electron chi connectivity index (χ0n) is 21.4. The lowest BCUT2D eigenvalue weighted by Crippen LogP contribution is -2.29. The molecule has 0 aliphatic rings. The minimum atomic E-state index is -0.523. The Kier molecular flexibility index (Phi) is 7.69. The summed E-state index contributed by atoms with van der Waals surface area (Å²) in [4.78, 5) is 39.9. The van der Waals surface area contributed by atoms with Crippen LogP contribution in [-0.4, -0.2) is 32.3 Å². The van der Waals surface area contributed by atoms with E-state index in [2.05, 4.69) is 15.0 Å². The summed E-state index contributed by atoms with van der Waals surface area (Å²) < 4.78 is 7.65. The molecule has 8 nitrogen and oxygen atoms in total. The van der Waals surface area contributed by atoms with Gasteiger partial charge in [0, 0.05) is 47.2 Å². The molecular weight excluding hydrogens is 490 g/mol. The normalized spacial score (nSPS) is 12.3. The van der Waals surface area contributed by atoms with Crippen LogP contribution in [0.25, 0.3) is 10.9 Å². The molecule has 37 heavy (non-hydrogen) atoms. The molecule has 0 saturated carbocycles.